The van der Waals surface area contributed by atoms with E-state index in [0.717, 1.165) is 10.9 Å². The Morgan fingerprint density at radius 1 is 1.11 bits per heavy atom. The first-order valence-corrected chi connectivity index (χ1v) is 8.16. The van der Waals surface area contributed by atoms with E-state index in [-0.39, 0.29) is 0 Å². The number of urea groups is 1. The minimum atomic E-state index is -0.439. The Bertz CT molecular complexity index is 945. The van der Waals surface area contributed by atoms with Crippen LogP contribution in [0.4, 0.5) is 16.3 Å². The van der Waals surface area contributed by atoms with Crippen molar-refractivity contribution in [2.45, 2.75) is 0 Å². The maximum absolute atomic E-state index is 12.3. The minimum Gasteiger partial charge on any atom is -0.497 e. The minimum absolute atomic E-state index is 0.410. The van der Waals surface area contributed by atoms with E-state index >= 15 is 0 Å². The lowest BCUT2D eigenvalue weighted by atomic mass is 10.2. The smallest absolute Gasteiger partial charge is 0.324 e. The molecule has 3 aromatic rings. The highest BCUT2D eigenvalue weighted by atomic mass is 16.5. The molecule has 0 radical (unpaired) electrons. The van der Waals surface area contributed by atoms with Crippen LogP contribution in [-0.2, 0) is 0 Å². The second-order valence-electron chi connectivity index (χ2n) is 5.56. The van der Waals surface area contributed by atoms with Gasteiger partial charge in [0, 0.05) is 35.3 Å². The summed E-state index contributed by atoms with van der Waals surface area (Å²) in [4.78, 5) is 12.3. The third kappa shape index (κ3) is 4.30. The van der Waals surface area contributed by atoms with Crippen molar-refractivity contribution in [3.8, 4) is 17.2 Å². The van der Waals surface area contributed by atoms with Crippen molar-refractivity contribution in [3.05, 3.63) is 49.1 Å². The van der Waals surface area contributed by atoms with Crippen molar-refractivity contribution in [2.75, 3.05) is 31.5 Å². The zero-order valence-corrected chi connectivity index (χ0v) is 15.0. The number of fused-ring (bicyclic) bond motifs is 1. The number of benzene rings is 2. The van der Waals surface area contributed by atoms with E-state index in [4.69, 9.17) is 14.2 Å². The van der Waals surface area contributed by atoms with Crippen LogP contribution >= 0.6 is 0 Å². The fourth-order valence-electron chi connectivity index (χ4n) is 2.49. The van der Waals surface area contributed by atoms with Gasteiger partial charge in [-0.1, -0.05) is 12.7 Å². The van der Waals surface area contributed by atoms with Gasteiger partial charge in [-0.25, -0.2) is 4.79 Å². The molecule has 0 bridgehead atoms. The number of hydrogen-bond donors (Lipinski definition) is 3. The zero-order valence-electron chi connectivity index (χ0n) is 15.0. The first-order valence-electron chi connectivity index (χ1n) is 8.16. The second kappa shape index (κ2) is 8.13. The number of amides is 2. The lowest BCUT2D eigenvalue weighted by Gasteiger charge is -2.10. The molecule has 8 heteroatoms. The average Bonchev–Trinajstić information content (AvgIpc) is 3.07. The first-order chi connectivity index (χ1) is 13.1. The fraction of sp³-hybridized carbons (Fsp3) is 0.158. The van der Waals surface area contributed by atoms with Gasteiger partial charge in [-0.05, 0) is 12.1 Å². The molecule has 8 nitrogen and oxygen atoms in total. The Morgan fingerprint density at radius 3 is 2.52 bits per heavy atom. The summed E-state index contributed by atoms with van der Waals surface area (Å²) in [6, 6.07) is 10.1. The molecule has 0 aliphatic carbocycles. The molecule has 0 aliphatic heterocycles. The molecule has 140 valence electrons. The lowest BCUT2D eigenvalue weighted by Crippen LogP contribution is -2.19. The van der Waals surface area contributed by atoms with Crippen LogP contribution in [0.1, 0.15) is 0 Å². The molecule has 1 heterocycles. The summed E-state index contributed by atoms with van der Waals surface area (Å²) in [6.07, 6.45) is 1.67. The van der Waals surface area contributed by atoms with E-state index in [0.29, 0.717) is 35.4 Å². The number of aromatic amines is 1. The van der Waals surface area contributed by atoms with Crippen LogP contribution < -0.4 is 24.8 Å². The van der Waals surface area contributed by atoms with E-state index in [1.54, 1.807) is 44.6 Å². The van der Waals surface area contributed by atoms with Gasteiger partial charge in [0.2, 0.25) is 0 Å². The Kier molecular flexibility index (Phi) is 5.46. The van der Waals surface area contributed by atoms with Gasteiger partial charge in [0.25, 0.3) is 0 Å². The number of nitrogens with one attached hydrogen (secondary N) is 3. The number of carbonyl (C=O) groups is 1. The topological polar surface area (TPSA) is 97.5 Å². The molecule has 27 heavy (non-hydrogen) atoms. The molecule has 2 aromatic carbocycles. The quantitative estimate of drug-likeness (QED) is 0.551. The van der Waals surface area contributed by atoms with Gasteiger partial charge in [-0.15, -0.1) is 0 Å². The summed E-state index contributed by atoms with van der Waals surface area (Å²) in [5, 5.41) is 13.2. The van der Waals surface area contributed by atoms with Gasteiger partial charge < -0.3 is 19.5 Å². The summed E-state index contributed by atoms with van der Waals surface area (Å²) in [6.45, 7) is 4.03. The number of anilines is 2. The van der Waals surface area contributed by atoms with E-state index in [1.165, 1.54) is 0 Å². The number of aromatic nitrogens is 2. The number of carbonyl (C=O) groups excluding carboxylic acids is 1. The molecule has 0 saturated heterocycles. The van der Waals surface area contributed by atoms with Crippen molar-refractivity contribution in [3.63, 3.8) is 0 Å². The number of rotatable bonds is 7. The van der Waals surface area contributed by atoms with Crippen LogP contribution in [0, 0.1) is 0 Å². The van der Waals surface area contributed by atoms with Crippen LogP contribution in [0.25, 0.3) is 10.9 Å². The summed E-state index contributed by atoms with van der Waals surface area (Å²) in [5.74, 6) is 2.24. The highest BCUT2D eigenvalue weighted by Gasteiger charge is 2.11. The molecule has 0 fully saturated rings. The largest absolute Gasteiger partial charge is 0.497 e. The fourth-order valence-corrected chi connectivity index (χ4v) is 2.49. The third-order valence-electron chi connectivity index (χ3n) is 3.74. The van der Waals surface area contributed by atoms with E-state index in [9.17, 15) is 4.79 Å². The maximum Gasteiger partial charge on any atom is 0.324 e. The van der Waals surface area contributed by atoms with Crippen LogP contribution in [0.2, 0.25) is 0 Å². The molecule has 3 N–H and O–H groups in total. The molecule has 0 unspecified atom stereocenters. The predicted octanol–water partition coefficient (Wildman–Crippen LogP) is 3.79. The van der Waals surface area contributed by atoms with Crippen molar-refractivity contribution in [1.29, 1.82) is 0 Å². The number of ether oxygens (including phenoxy) is 3. The number of methoxy groups -OCH3 is 2. The van der Waals surface area contributed by atoms with Gasteiger partial charge in [-0.2, -0.15) is 5.10 Å². The van der Waals surface area contributed by atoms with Gasteiger partial charge in [-0.3, -0.25) is 10.4 Å². The Morgan fingerprint density at radius 2 is 1.85 bits per heavy atom. The molecular weight excluding hydrogens is 348 g/mol. The van der Waals surface area contributed by atoms with E-state index < -0.39 is 6.03 Å². The number of hydrogen-bond acceptors (Lipinski definition) is 5. The van der Waals surface area contributed by atoms with Gasteiger partial charge in [0.1, 0.15) is 23.9 Å². The lowest BCUT2D eigenvalue weighted by molar-refractivity contribution is 0.262. The molecule has 2 amide bonds. The SMILES string of the molecule is C=CCOc1ccc2c(NC(=O)Nc3cc(OC)cc(OC)c3)n[nH]c2c1. The Hall–Kier alpha value is -3.68. The highest BCUT2D eigenvalue weighted by molar-refractivity contribution is 6.04. The third-order valence-corrected chi connectivity index (χ3v) is 3.74. The number of H-pyrrole nitrogens is 1. The Balaban J connectivity index is 1.73. The molecule has 0 atom stereocenters. The Labute approximate surface area is 156 Å². The van der Waals surface area contributed by atoms with E-state index in [1.807, 2.05) is 12.1 Å². The van der Waals surface area contributed by atoms with Crippen LogP contribution in [0.15, 0.2) is 49.1 Å². The number of nitrogens with zero attached hydrogens (tertiary/aromatic N) is 1. The molecular formula is C19H20N4O4. The molecule has 0 spiro atoms. The van der Waals surface area contributed by atoms with Crippen LogP contribution in [0.5, 0.6) is 17.2 Å². The average molecular weight is 368 g/mol. The molecule has 0 aliphatic rings. The second-order valence-corrected chi connectivity index (χ2v) is 5.56. The molecule has 3 rings (SSSR count). The summed E-state index contributed by atoms with van der Waals surface area (Å²) < 4.78 is 15.9. The maximum atomic E-state index is 12.3. The van der Waals surface area contributed by atoms with Crippen LogP contribution in [-0.4, -0.2) is 37.1 Å². The molecule has 0 saturated carbocycles. The van der Waals surface area contributed by atoms with E-state index in [2.05, 4.69) is 27.4 Å². The first kappa shape index (κ1) is 18.1. The van der Waals surface area contributed by atoms with Gasteiger partial charge in [0.15, 0.2) is 5.82 Å². The van der Waals surface area contributed by atoms with Gasteiger partial charge >= 0.3 is 6.03 Å². The van der Waals surface area contributed by atoms with Crippen molar-refractivity contribution >= 4 is 28.4 Å². The van der Waals surface area contributed by atoms with Crippen molar-refractivity contribution in [1.82, 2.24) is 10.2 Å². The summed E-state index contributed by atoms with van der Waals surface area (Å²) >= 11 is 0. The summed E-state index contributed by atoms with van der Waals surface area (Å²) in [7, 11) is 3.09. The van der Waals surface area contributed by atoms with Crippen molar-refractivity contribution < 1.29 is 19.0 Å². The zero-order chi connectivity index (χ0) is 19.2. The van der Waals surface area contributed by atoms with Crippen LogP contribution in [0.3, 0.4) is 0 Å². The normalized spacial score (nSPS) is 10.3. The highest BCUT2D eigenvalue weighted by Crippen LogP contribution is 2.27. The van der Waals surface area contributed by atoms with Gasteiger partial charge in [0.05, 0.1) is 19.7 Å². The molecule has 1 aromatic heterocycles. The van der Waals surface area contributed by atoms with Crippen molar-refractivity contribution in [2.24, 2.45) is 0 Å². The standard InChI is InChI=1S/C19H20N4O4/c1-4-7-27-13-5-6-16-17(11-13)22-23-18(16)21-19(24)20-12-8-14(25-2)10-15(9-12)26-3/h4-6,8-11H,1,7H2,2-3H3,(H3,20,21,22,23,24). The summed E-state index contributed by atoms with van der Waals surface area (Å²) in [5.41, 5.74) is 1.28. The predicted molar refractivity (Wildman–Crippen MR) is 104 cm³/mol. The monoisotopic (exact) mass is 368 g/mol.